The molecule has 4 heterocycles. The van der Waals surface area contributed by atoms with Crippen molar-refractivity contribution in [2.45, 2.75) is 127 Å². The Morgan fingerprint density at radius 2 is 1.12 bits per heavy atom. The summed E-state index contributed by atoms with van der Waals surface area (Å²) in [6.07, 6.45) is -15.1. The number of esters is 4. The Kier molecular flexibility index (Phi) is 19.3. The van der Waals surface area contributed by atoms with Crippen LogP contribution in [0.1, 0.15) is 47.0 Å². The fourth-order valence-electron chi connectivity index (χ4n) is 9.11. The van der Waals surface area contributed by atoms with Crippen LogP contribution in [0.2, 0.25) is 0 Å². The number of aliphatic hydroxyl groups excluding tert-OH is 9. The predicted octanol–water partition coefficient (Wildman–Crippen LogP) is -2.29. The molecule has 19 unspecified atom stereocenters. The molecule has 0 aromatic heterocycles. The van der Waals surface area contributed by atoms with Crippen LogP contribution in [0.4, 0.5) is 0 Å². The predicted molar refractivity (Wildman–Crippen MR) is 221 cm³/mol. The van der Waals surface area contributed by atoms with Crippen molar-refractivity contribution in [2.75, 3.05) is 40.6 Å². The van der Waals surface area contributed by atoms with E-state index in [0.29, 0.717) is 0 Å². The third-order valence-corrected chi connectivity index (χ3v) is 13.2. The number of rotatable bonds is 17. The Balaban J connectivity index is 1.22. The molecule has 23 nitrogen and oxygen atoms in total. The van der Waals surface area contributed by atoms with E-state index in [1.165, 1.54) is 12.2 Å². The van der Waals surface area contributed by atoms with Crippen molar-refractivity contribution in [3.63, 3.8) is 0 Å². The Hall–Kier alpha value is -4.08. The quantitative estimate of drug-likeness (QED) is 0.0421. The molecule has 67 heavy (non-hydrogen) atoms. The molecule has 23 heteroatoms. The van der Waals surface area contributed by atoms with Gasteiger partial charge in [0.1, 0.15) is 48.8 Å². The van der Waals surface area contributed by atoms with Crippen LogP contribution in [0.25, 0.3) is 0 Å². The zero-order valence-electron chi connectivity index (χ0n) is 38.0. The normalized spacial score (nSPS) is 39.3. The standard InChI is InChI=1S/C44H64O23/c1-7-20-23(26(39(56)58-5)16-62-41(20)66-43-37(54)35(52)33(50)29(12-45)64-43)10-31(48)60-14-18(3)22-9-28(47)19(4)25(22)15-61-32(49)11-24-21(8-2)42(63-17-27(24)40(57)59-6)67-44-38(55)36(53)34(51)30(13-46)65-44/h7-8,16-19,22-25,28-30,33-38,41-47,50-55H,9-15H2,1-6H3. The number of carbonyl (C=O) groups is 4. The van der Waals surface area contributed by atoms with Gasteiger partial charge >= 0.3 is 23.9 Å². The lowest BCUT2D eigenvalue weighted by Gasteiger charge is -2.42. The second-order valence-electron chi connectivity index (χ2n) is 17.2. The van der Waals surface area contributed by atoms with Gasteiger partial charge in [-0.1, -0.05) is 26.0 Å². The molecular formula is C44H64O23. The van der Waals surface area contributed by atoms with Gasteiger partial charge < -0.3 is 93.3 Å². The first-order valence-electron chi connectivity index (χ1n) is 22.0. The van der Waals surface area contributed by atoms with E-state index < -0.39 is 148 Å². The molecule has 1 aliphatic carbocycles. The van der Waals surface area contributed by atoms with Gasteiger partial charge in [-0.2, -0.15) is 0 Å². The second-order valence-corrected chi connectivity index (χ2v) is 17.2. The number of methoxy groups -OCH3 is 2. The molecule has 0 bridgehead atoms. The topological polar surface area (TPSA) is 343 Å². The SMILES string of the molecule is CC=C1C(OC2OC(CO)C(O)C(O)C2O)OC=C(C(=O)OC)C1CC(=O)OCC(C)C1CC(O)C(C)C1COC(=O)CC1C(C(=O)OC)=COC(OC2OC(CO)C(O)C(O)C2O)C1=CC. The second kappa shape index (κ2) is 24.0. The molecular weight excluding hydrogens is 896 g/mol. The minimum atomic E-state index is -1.77. The molecule has 378 valence electrons. The van der Waals surface area contributed by atoms with Crippen LogP contribution in [0.3, 0.4) is 0 Å². The van der Waals surface area contributed by atoms with Crippen molar-refractivity contribution in [1.29, 1.82) is 0 Å². The number of aliphatic hydroxyl groups is 9. The third kappa shape index (κ3) is 12.0. The van der Waals surface area contributed by atoms with Gasteiger partial charge in [0.2, 0.25) is 12.6 Å². The van der Waals surface area contributed by atoms with Crippen LogP contribution in [-0.4, -0.2) is 191 Å². The molecule has 4 aliphatic heterocycles. The van der Waals surface area contributed by atoms with Crippen LogP contribution in [0.5, 0.6) is 0 Å². The highest BCUT2D eigenvalue weighted by Gasteiger charge is 2.49. The highest BCUT2D eigenvalue weighted by molar-refractivity contribution is 5.91. The van der Waals surface area contributed by atoms with E-state index in [9.17, 15) is 65.1 Å². The Bertz CT molecular complexity index is 1840. The van der Waals surface area contributed by atoms with E-state index >= 15 is 0 Å². The Morgan fingerprint density at radius 3 is 1.52 bits per heavy atom. The summed E-state index contributed by atoms with van der Waals surface area (Å²) in [5.74, 6) is -6.67. The largest absolute Gasteiger partial charge is 0.468 e. The van der Waals surface area contributed by atoms with E-state index in [2.05, 4.69) is 0 Å². The molecule has 0 amide bonds. The van der Waals surface area contributed by atoms with E-state index in [1.54, 1.807) is 27.7 Å². The number of allylic oxidation sites excluding steroid dienone is 2. The molecule has 0 aromatic carbocycles. The molecule has 0 aromatic rings. The van der Waals surface area contributed by atoms with E-state index in [-0.39, 0.29) is 59.7 Å². The van der Waals surface area contributed by atoms with Crippen molar-refractivity contribution < 1.29 is 113 Å². The van der Waals surface area contributed by atoms with Crippen LogP contribution in [0.15, 0.2) is 47.0 Å². The van der Waals surface area contributed by atoms with Crippen LogP contribution in [-0.2, 0) is 66.5 Å². The Morgan fingerprint density at radius 1 is 0.687 bits per heavy atom. The summed E-state index contributed by atoms with van der Waals surface area (Å²) in [4.78, 5) is 52.9. The first-order valence-corrected chi connectivity index (χ1v) is 22.0. The first kappa shape index (κ1) is 53.9. The van der Waals surface area contributed by atoms with Crippen molar-refractivity contribution in [3.05, 3.63) is 47.0 Å². The monoisotopic (exact) mass is 960 g/mol. The van der Waals surface area contributed by atoms with Crippen molar-refractivity contribution in [1.82, 2.24) is 0 Å². The van der Waals surface area contributed by atoms with Gasteiger partial charge in [0.05, 0.1) is 83.3 Å². The lowest BCUT2D eigenvalue weighted by molar-refractivity contribution is -0.327. The lowest BCUT2D eigenvalue weighted by Crippen LogP contribution is -2.60. The van der Waals surface area contributed by atoms with Gasteiger partial charge in [0.25, 0.3) is 0 Å². The fourth-order valence-corrected chi connectivity index (χ4v) is 9.11. The summed E-state index contributed by atoms with van der Waals surface area (Å²) in [7, 11) is 2.28. The lowest BCUT2D eigenvalue weighted by atomic mass is 9.83. The van der Waals surface area contributed by atoms with Gasteiger partial charge in [-0.15, -0.1) is 0 Å². The summed E-state index contributed by atoms with van der Waals surface area (Å²) in [6.45, 7) is 5.05. The third-order valence-electron chi connectivity index (χ3n) is 13.2. The van der Waals surface area contributed by atoms with Gasteiger partial charge in [0.15, 0.2) is 12.6 Å². The smallest absolute Gasteiger partial charge is 0.337 e. The molecule has 19 atom stereocenters. The fraction of sp³-hybridized carbons (Fsp3) is 0.727. The average Bonchev–Trinajstić information content (AvgIpc) is 3.61. The molecule has 9 N–H and O–H groups in total. The summed E-state index contributed by atoms with van der Waals surface area (Å²) in [5.41, 5.74) is 0.334. The maximum Gasteiger partial charge on any atom is 0.337 e. The number of carbonyl (C=O) groups excluding carboxylic acids is 4. The van der Waals surface area contributed by atoms with Crippen molar-refractivity contribution in [3.8, 4) is 0 Å². The van der Waals surface area contributed by atoms with E-state index in [4.69, 9.17) is 47.4 Å². The zero-order valence-corrected chi connectivity index (χ0v) is 38.0. The van der Waals surface area contributed by atoms with Gasteiger partial charge in [0, 0.05) is 28.9 Å². The summed E-state index contributed by atoms with van der Waals surface area (Å²) in [5, 5.41) is 92.2. The molecule has 2 saturated heterocycles. The number of hydrogen-bond acceptors (Lipinski definition) is 23. The van der Waals surface area contributed by atoms with Gasteiger partial charge in [-0.25, -0.2) is 9.59 Å². The minimum absolute atomic E-state index is 0.0581. The maximum atomic E-state index is 13.6. The van der Waals surface area contributed by atoms with E-state index in [1.807, 2.05) is 0 Å². The van der Waals surface area contributed by atoms with Gasteiger partial charge in [-0.3, -0.25) is 9.59 Å². The molecule has 1 saturated carbocycles. The first-order chi connectivity index (χ1) is 31.8. The Labute approximate surface area is 386 Å². The van der Waals surface area contributed by atoms with Crippen molar-refractivity contribution in [2.24, 2.45) is 35.5 Å². The summed E-state index contributed by atoms with van der Waals surface area (Å²) >= 11 is 0. The molecule has 5 aliphatic rings. The summed E-state index contributed by atoms with van der Waals surface area (Å²) < 4.78 is 55.2. The molecule has 0 spiro atoms. The summed E-state index contributed by atoms with van der Waals surface area (Å²) in [6, 6.07) is 0. The molecule has 5 rings (SSSR count). The van der Waals surface area contributed by atoms with Gasteiger partial charge in [-0.05, 0) is 38.0 Å². The number of hydrogen-bond donors (Lipinski definition) is 9. The van der Waals surface area contributed by atoms with E-state index in [0.717, 1.165) is 26.7 Å². The minimum Gasteiger partial charge on any atom is -0.468 e. The highest BCUT2D eigenvalue weighted by Crippen LogP contribution is 2.43. The van der Waals surface area contributed by atoms with Crippen LogP contribution >= 0.6 is 0 Å². The van der Waals surface area contributed by atoms with Crippen LogP contribution in [0, 0.1) is 35.5 Å². The highest BCUT2D eigenvalue weighted by atomic mass is 16.8. The van der Waals surface area contributed by atoms with Crippen LogP contribution < -0.4 is 0 Å². The molecule has 3 fully saturated rings. The number of ether oxygens (including phenoxy) is 10. The van der Waals surface area contributed by atoms with Crippen molar-refractivity contribution >= 4 is 23.9 Å². The maximum absolute atomic E-state index is 13.6. The zero-order chi connectivity index (χ0) is 49.4. The average molecular weight is 961 g/mol. The molecule has 0 radical (unpaired) electrons.